The molecule has 0 radical (unpaired) electrons. The number of aromatic nitrogens is 2. The molecular weight excluding hydrogens is 190 g/mol. The fourth-order valence-electron chi connectivity index (χ4n) is 1.83. The summed E-state index contributed by atoms with van der Waals surface area (Å²) in [5.74, 6) is 0.584. The van der Waals surface area contributed by atoms with Crippen LogP contribution in [0.1, 0.15) is 11.7 Å². The molecule has 2 rings (SSSR count). The molecule has 1 aromatic heterocycles. The smallest absolute Gasteiger partial charge is 0.192 e. The Hall–Kier alpha value is -1.78. The van der Waals surface area contributed by atoms with Gasteiger partial charge in [0.2, 0.25) is 0 Å². The summed E-state index contributed by atoms with van der Waals surface area (Å²) in [4.78, 5) is 10.4. The van der Waals surface area contributed by atoms with E-state index in [4.69, 9.17) is 5.73 Å². The van der Waals surface area contributed by atoms with E-state index in [2.05, 4.69) is 16.6 Å². The first kappa shape index (κ1) is 9.76. The van der Waals surface area contributed by atoms with Gasteiger partial charge in [0.15, 0.2) is 5.96 Å². The SMILES string of the molecule is C=CCN1C(N)=NCC1c1cncn1C. The zero-order valence-electron chi connectivity index (χ0n) is 8.80. The Bertz CT molecular complexity index is 392. The molecule has 1 atom stereocenters. The summed E-state index contributed by atoms with van der Waals surface area (Å²) in [6.07, 6.45) is 5.47. The van der Waals surface area contributed by atoms with Gasteiger partial charge in [-0.2, -0.15) is 0 Å². The first-order chi connectivity index (χ1) is 7.24. The van der Waals surface area contributed by atoms with Crippen molar-refractivity contribution < 1.29 is 0 Å². The predicted octanol–water partition coefficient (Wildman–Crippen LogP) is 0.277. The molecule has 5 nitrogen and oxygen atoms in total. The fourth-order valence-corrected chi connectivity index (χ4v) is 1.83. The first-order valence-corrected chi connectivity index (χ1v) is 4.87. The lowest BCUT2D eigenvalue weighted by Crippen LogP contribution is -2.36. The number of aryl methyl sites for hydroxylation is 1. The van der Waals surface area contributed by atoms with Crippen molar-refractivity contribution in [2.75, 3.05) is 13.1 Å². The second-order valence-electron chi connectivity index (χ2n) is 3.59. The monoisotopic (exact) mass is 205 g/mol. The predicted molar refractivity (Wildman–Crippen MR) is 59.3 cm³/mol. The van der Waals surface area contributed by atoms with Crippen LogP contribution < -0.4 is 5.73 Å². The molecule has 1 aliphatic rings. The molecular formula is C10H15N5. The van der Waals surface area contributed by atoms with Crippen LogP contribution in [0, 0.1) is 0 Å². The molecule has 2 heterocycles. The minimum Gasteiger partial charge on any atom is -0.370 e. The van der Waals surface area contributed by atoms with Crippen LogP contribution in [-0.2, 0) is 7.05 Å². The second-order valence-corrected chi connectivity index (χ2v) is 3.59. The Kier molecular flexibility index (Phi) is 2.45. The van der Waals surface area contributed by atoms with E-state index >= 15 is 0 Å². The molecule has 80 valence electrons. The lowest BCUT2D eigenvalue weighted by atomic mass is 10.2. The Labute approximate surface area is 88.9 Å². The van der Waals surface area contributed by atoms with E-state index in [-0.39, 0.29) is 6.04 Å². The van der Waals surface area contributed by atoms with Crippen LogP contribution >= 0.6 is 0 Å². The molecule has 0 saturated heterocycles. The molecule has 0 amide bonds. The number of hydrogen-bond donors (Lipinski definition) is 1. The van der Waals surface area contributed by atoms with Crippen LogP contribution in [0.3, 0.4) is 0 Å². The number of nitrogens with zero attached hydrogens (tertiary/aromatic N) is 4. The van der Waals surface area contributed by atoms with Crippen molar-refractivity contribution in [2.45, 2.75) is 6.04 Å². The van der Waals surface area contributed by atoms with E-state index in [0.29, 0.717) is 19.0 Å². The third-order valence-corrected chi connectivity index (χ3v) is 2.62. The van der Waals surface area contributed by atoms with Gasteiger partial charge < -0.3 is 15.2 Å². The van der Waals surface area contributed by atoms with Gasteiger partial charge in [-0.25, -0.2) is 4.98 Å². The lowest BCUT2D eigenvalue weighted by Gasteiger charge is -2.24. The van der Waals surface area contributed by atoms with Crippen LogP contribution in [0.4, 0.5) is 0 Å². The Morgan fingerprint density at radius 1 is 1.73 bits per heavy atom. The average Bonchev–Trinajstić information content (AvgIpc) is 2.76. The van der Waals surface area contributed by atoms with Crippen LogP contribution in [-0.4, -0.2) is 33.5 Å². The summed E-state index contributed by atoms with van der Waals surface area (Å²) < 4.78 is 1.99. The Balaban J connectivity index is 2.24. The second kappa shape index (κ2) is 3.76. The minimum absolute atomic E-state index is 0.190. The summed E-state index contributed by atoms with van der Waals surface area (Å²) in [7, 11) is 1.98. The van der Waals surface area contributed by atoms with Gasteiger partial charge in [0.05, 0.1) is 30.8 Å². The van der Waals surface area contributed by atoms with Crippen molar-refractivity contribution in [1.82, 2.24) is 14.5 Å². The number of aliphatic imine (C=N–C) groups is 1. The van der Waals surface area contributed by atoms with Gasteiger partial charge in [-0.1, -0.05) is 6.08 Å². The van der Waals surface area contributed by atoms with Gasteiger partial charge in [0, 0.05) is 13.6 Å². The number of guanidine groups is 1. The highest BCUT2D eigenvalue weighted by Crippen LogP contribution is 2.24. The van der Waals surface area contributed by atoms with E-state index in [1.165, 1.54) is 0 Å². The molecule has 1 unspecified atom stereocenters. The van der Waals surface area contributed by atoms with Crippen LogP contribution in [0.5, 0.6) is 0 Å². The molecule has 1 aromatic rings. The number of rotatable bonds is 3. The number of hydrogen-bond acceptors (Lipinski definition) is 4. The first-order valence-electron chi connectivity index (χ1n) is 4.87. The lowest BCUT2D eigenvalue weighted by molar-refractivity contribution is 0.366. The van der Waals surface area contributed by atoms with Crippen LogP contribution in [0.15, 0.2) is 30.2 Å². The van der Waals surface area contributed by atoms with Gasteiger partial charge in [-0.05, 0) is 0 Å². The maximum absolute atomic E-state index is 5.81. The van der Waals surface area contributed by atoms with Crippen molar-refractivity contribution in [3.05, 3.63) is 30.9 Å². The molecule has 0 aliphatic carbocycles. The third kappa shape index (κ3) is 1.60. The van der Waals surface area contributed by atoms with Crippen LogP contribution in [0.25, 0.3) is 0 Å². The van der Waals surface area contributed by atoms with E-state index < -0.39 is 0 Å². The van der Waals surface area contributed by atoms with Crippen molar-refractivity contribution in [2.24, 2.45) is 17.8 Å². The van der Waals surface area contributed by atoms with Crippen molar-refractivity contribution in [3.8, 4) is 0 Å². The summed E-state index contributed by atoms with van der Waals surface area (Å²) in [6.45, 7) is 5.13. The van der Waals surface area contributed by atoms with Gasteiger partial charge in [-0.15, -0.1) is 6.58 Å². The molecule has 0 fully saturated rings. The van der Waals surface area contributed by atoms with Crippen LogP contribution in [0.2, 0.25) is 0 Å². The molecule has 0 spiro atoms. The summed E-state index contributed by atoms with van der Waals surface area (Å²) in [5.41, 5.74) is 6.94. The molecule has 0 bridgehead atoms. The Morgan fingerprint density at radius 3 is 3.13 bits per heavy atom. The summed E-state index contributed by atoms with van der Waals surface area (Å²) >= 11 is 0. The highest BCUT2D eigenvalue weighted by Gasteiger charge is 2.28. The van der Waals surface area contributed by atoms with Crippen molar-refractivity contribution in [3.63, 3.8) is 0 Å². The zero-order valence-corrected chi connectivity index (χ0v) is 8.80. The van der Waals surface area contributed by atoms with E-state index in [1.54, 1.807) is 6.33 Å². The maximum atomic E-state index is 5.81. The van der Waals surface area contributed by atoms with Gasteiger partial charge in [-0.3, -0.25) is 4.99 Å². The normalized spacial score (nSPS) is 20.5. The topological polar surface area (TPSA) is 59.4 Å². The van der Waals surface area contributed by atoms with Crippen molar-refractivity contribution in [1.29, 1.82) is 0 Å². The van der Waals surface area contributed by atoms with Gasteiger partial charge >= 0.3 is 0 Å². The van der Waals surface area contributed by atoms with E-state index in [0.717, 1.165) is 5.69 Å². The van der Waals surface area contributed by atoms with E-state index in [9.17, 15) is 0 Å². The third-order valence-electron chi connectivity index (χ3n) is 2.62. The number of nitrogens with two attached hydrogens (primary N) is 1. The summed E-state index contributed by atoms with van der Waals surface area (Å²) in [5, 5.41) is 0. The molecule has 0 saturated carbocycles. The van der Waals surface area contributed by atoms with Gasteiger partial charge in [0.1, 0.15) is 0 Å². The molecule has 1 aliphatic heterocycles. The Morgan fingerprint density at radius 2 is 2.53 bits per heavy atom. The zero-order chi connectivity index (χ0) is 10.8. The minimum atomic E-state index is 0.190. The number of imidazole rings is 1. The maximum Gasteiger partial charge on any atom is 0.192 e. The van der Waals surface area contributed by atoms with Gasteiger partial charge in [0.25, 0.3) is 0 Å². The highest BCUT2D eigenvalue weighted by molar-refractivity contribution is 5.80. The quantitative estimate of drug-likeness (QED) is 0.721. The molecule has 15 heavy (non-hydrogen) atoms. The average molecular weight is 205 g/mol. The largest absolute Gasteiger partial charge is 0.370 e. The highest BCUT2D eigenvalue weighted by atomic mass is 15.3. The molecule has 0 aromatic carbocycles. The van der Waals surface area contributed by atoms with E-state index in [1.807, 2.05) is 28.8 Å². The van der Waals surface area contributed by atoms with Crippen molar-refractivity contribution >= 4 is 5.96 Å². The summed E-state index contributed by atoms with van der Waals surface area (Å²) in [6, 6.07) is 0.190. The standard InChI is InChI=1S/C10H15N5/c1-3-4-15-9(6-13-10(15)11)8-5-12-7-14(8)2/h3,5,7,9H,1,4,6H2,2H3,(H2,11,13). The fraction of sp³-hybridized carbons (Fsp3) is 0.400. The molecule has 5 heteroatoms. The molecule has 2 N–H and O–H groups in total.